The van der Waals surface area contributed by atoms with Crippen molar-refractivity contribution >= 4 is 29.1 Å². The van der Waals surface area contributed by atoms with Gasteiger partial charge in [0.2, 0.25) is 0 Å². The highest BCUT2D eigenvalue weighted by atomic mass is 35.5. The Bertz CT molecular complexity index is 516. The fourth-order valence-electron chi connectivity index (χ4n) is 5.28. The topological polar surface area (TPSA) is 17.1 Å². The summed E-state index contributed by atoms with van der Waals surface area (Å²) in [6.45, 7) is 0. The van der Waals surface area contributed by atoms with Gasteiger partial charge in [0.05, 0.1) is 5.75 Å². The van der Waals surface area contributed by atoms with E-state index in [1.165, 1.54) is 38.5 Å². The molecule has 4 bridgehead atoms. The number of benzene rings is 1. The maximum atomic E-state index is 12.9. The number of thioether (sulfide) groups is 1. The van der Waals surface area contributed by atoms with Crippen molar-refractivity contribution < 1.29 is 4.79 Å². The smallest absolute Gasteiger partial charge is 0.149 e. The van der Waals surface area contributed by atoms with Crippen LogP contribution in [-0.2, 0) is 4.79 Å². The zero-order valence-corrected chi connectivity index (χ0v) is 13.8. The third kappa shape index (κ3) is 2.66. The van der Waals surface area contributed by atoms with Crippen molar-refractivity contribution in [3.05, 3.63) is 29.3 Å². The summed E-state index contributed by atoms with van der Waals surface area (Å²) in [5.74, 6) is 3.69. The van der Waals surface area contributed by atoms with Crippen LogP contribution in [0.25, 0.3) is 0 Å². The van der Waals surface area contributed by atoms with E-state index in [1.807, 2.05) is 24.3 Å². The SMILES string of the molecule is O=C(CSc1ccc(Cl)cc1)C12CC3CC(CC(C3)C1)C2. The molecule has 0 N–H and O–H groups in total. The van der Waals surface area contributed by atoms with Gasteiger partial charge in [0.1, 0.15) is 5.78 Å². The van der Waals surface area contributed by atoms with E-state index in [-0.39, 0.29) is 5.41 Å². The van der Waals surface area contributed by atoms with E-state index in [0.717, 1.165) is 27.7 Å². The van der Waals surface area contributed by atoms with Crippen molar-refractivity contribution in [1.82, 2.24) is 0 Å². The van der Waals surface area contributed by atoms with E-state index in [1.54, 1.807) is 11.8 Å². The van der Waals surface area contributed by atoms with Gasteiger partial charge in [-0.25, -0.2) is 0 Å². The molecule has 3 heteroatoms. The van der Waals surface area contributed by atoms with Gasteiger partial charge in [-0.1, -0.05) is 11.6 Å². The van der Waals surface area contributed by atoms with Crippen LogP contribution < -0.4 is 0 Å². The summed E-state index contributed by atoms with van der Waals surface area (Å²) >= 11 is 7.59. The number of Topliss-reactive ketones (excluding diaryl/α,β-unsaturated/α-hetero) is 1. The number of hydrogen-bond donors (Lipinski definition) is 0. The summed E-state index contributed by atoms with van der Waals surface area (Å²) in [5.41, 5.74) is 0.0498. The van der Waals surface area contributed by atoms with Gasteiger partial charge in [0.25, 0.3) is 0 Å². The van der Waals surface area contributed by atoms with Crippen LogP contribution in [0.3, 0.4) is 0 Å². The lowest BCUT2D eigenvalue weighted by Crippen LogP contribution is -2.50. The highest BCUT2D eigenvalue weighted by molar-refractivity contribution is 8.00. The molecule has 0 atom stereocenters. The quantitative estimate of drug-likeness (QED) is 0.708. The van der Waals surface area contributed by atoms with Crippen LogP contribution in [0.5, 0.6) is 0 Å². The van der Waals surface area contributed by atoms with Crippen molar-refractivity contribution in [1.29, 1.82) is 0 Å². The first-order chi connectivity index (χ1) is 10.1. The Balaban J connectivity index is 1.44. The monoisotopic (exact) mass is 320 g/mol. The van der Waals surface area contributed by atoms with Crippen molar-refractivity contribution in [2.45, 2.75) is 43.4 Å². The third-order valence-electron chi connectivity index (χ3n) is 5.81. The predicted octanol–water partition coefficient (Wildman–Crippen LogP) is 5.22. The fourth-order valence-corrected chi connectivity index (χ4v) is 6.34. The molecule has 4 fully saturated rings. The van der Waals surface area contributed by atoms with Crippen LogP contribution in [-0.4, -0.2) is 11.5 Å². The van der Waals surface area contributed by atoms with Crippen LogP contribution in [0.15, 0.2) is 29.2 Å². The first-order valence-electron chi connectivity index (χ1n) is 8.05. The minimum absolute atomic E-state index is 0.0498. The zero-order valence-electron chi connectivity index (χ0n) is 12.2. The maximum absolute atomic E-state index is 12.9. The van der Waals surface area contributed by atoms with Gasteiger partial charge in [-0.05, 0) is 80.5 Å². The van der Waals surface area contributed by atoms with Gasteiger partial charge in [-0.2, -0.15) is 0 Å². The van der Waals surface area contributed by atoms with Crippen LogP contribution in [0.4, 0.5) is 0 Å². The molecule has 0 radical (unpaired) electrons. The second-order valence-electron chi connectivity index (χ2n) is 7.36. The Hall–Kier alpha value is -0.470. The average Bonchev–Trinajstić information content (AvgIpc) is 2.45. The summed E-state index contributed by atoms with van der Waals surface area (Å²) in [7, 11) is 0. The second-order valence-corrected chi connectivity index (χ2v) is 8.85. The molecule has 0 spiro atoms. The van der Waals surface area contributed by atoms with Gasteiger partial charge in [-0.3, -0.25) is 4.79 Å². The molecule has 1 aromatic rings. The molecule has 0 aromatic heterocycles. The number of ketones is 1. The van der Waals surface area contributed by atoms with Gasteiger partial charge in [0, 0.05) is 15.3 Å². The minimum atomic E-state index is 0.0498. The summed E-state index contributed by atoms with van der Waals surface area (Å²) in [6.07, 6.45) is 7.74. The molecule has 4 saturated carbocycles. The normalized spacial score (nSPS) is 36.9. The number of rotatable bonds is 4. The standard InChI is InChI=1S/C18H21ClOS/c19-15-1-3-16(4-2-15)21-11-17(20)18-8-12-5-13(9-18)7-14(6-12)10-18/h1-4,12-14H,5-11H2. The molecule has 21 heavy (non-hydrogen) atoms. The van der Waals surface area contributed by atoms with Gasteiger partial charge in [0.15, 0.2) is 0 Å². The van der Waals surface area contributed by atoms with Gasteiger partial charge < -0.3 is 0 Å². The van der Waals surface area contributed by atoms with Crippen LogP contribution in [0.2, 0.25) is 5.02 Å². The molecule has 112 valence electrons. The van der Waals surface area contributed by atoms with E-state index in [0.29, 0.717) is 11.5 Å². The Kier molecular flexibility index (Phi) is 3.58. The Morgan fingerprint density at radius 2 is 1.57 bits per heavy atom. The molecule has 0 amide bonds. The Labute approximate surface area is 135 Å². The molecule has 1 aromatic carbocycles. The molecule has 0 saturated heterocycles. The lowest BCUT2D eigenvalue weighted by molar-refractivity contribution is -0.141. The van der Waals surface area contributed by atoms with E-state index in [2.05, 4.69) is 0 Å². The molecule has 0 heterocycles. The molecule has 0 unspecified atom stereocenters. The Morgan fingerprint density at radius 1 is 1.05 bits per heavy atom. The summed E-state index contributed by atoms with van der Waals surface area (Å²) in [6, 6.07) is 7.83. The first-order valence-corrected chi connectivity index (χ1v) is 9.41. The maximum Gasteiger partial charge on any atom is 0.149 e. The van der Waals surface area contributed by atoms with Crippen molar-refractivity contribution in [2.75, 3.05) is 5.75 Å². The van der Waals surface area contributed by atoms with E-state index in [9.17, 15) is 4.79 Å². The summed E-state index contributed by atoms with van der Waals surface area (Å²) in [4.78, 5) is 14.0. The minimum Gasteiger partial charge on any atom is -0.298 e. The van der Waals surface area contributed by atoms with Crippen molar-refractivity contribution in [2.24, 2.45) is 23.2 Å². The third-order valence-corrected chi connectivity index (χ3v) is 7.08. The van der Waals surface area contributed by atoms with Gasteiger partial charge in [-0.15, -0.1) is 11.8 Å². The van der Waals surface area contributed by atoms with E-state index in [4.69, 9.17) is 11.6 Å². The van der Waals surface area contributed by atoms with Crippen LogP contribution >= 0.6 is 23.4 Å². The molecular weight excluding hydrogens is 300 g/mol. The van der Waals surface area contributed by atoms with E-state index >= 15 is 0 Å². The number of carbonyl (C=O) groups is 1. The van der Waals surface area contributed by atoms with Gasteiger partial charge >= 0.3 is 0 Å². The van der Waals surface area contributed by atoms with Crippen LogP contribution in [0, 0.1) is 23.2 Å². The molecule has 4 aliphatic rings. The lowest BCUT2D eigenvalue weighted by Gasteiger charge is -2.56. The summed E-state index contributed by atoms with van der Waals surface area (Å²) in [5, 5.41) is 0.756. The largest absolute Gasteiger partial charge is 0.298 e. The molecule has 0 aliphatic heterocycles. The number of halogens is 1. The number of carbonyl (C=O) groups excluding carboxylic acids is 1. The molecule has 4 aliphatic carbocycles. The highest BCUT2D eigenvalue weighted by Crippen LogP contribution is 2.60. The Morgan fingerprint density at radius 3 is 2.10 bits per heavy atom. The molecule has 1 nitrogen and oxygen atoms in total. The van der Waals surface area contributed by atoms with Crippen molar-refractivity contribution in [3.63, 3.8) is 0 Å². The highest BCUT2D eigenvalue weighted by Gasteiger charge is 2.53. The average molecular weight is 321 g/mol. The molecule has 5 rings (SSSR count). The van der Waals surface area contributed by atoms with E-state index < -0.39 is 0 Å². The summed E-state index contributed by atoms with van der Waals surface area (Å²) < 4.78 is 0. The predicted molar refractivity (Wildman–Crippen MR) is 87.8 cm³/mol. The second kappa shape index (κ2) is 5.31. The fraction of sp³-hybridized carbons (Fsp3) is 0.611. The van der Waals surface area contributed by atoms with Crippen molar-refractivity contribution in [3.8, 4) is 0 Å². The number of hydrogen-bond acceptors (Lipinski definition) is 2. The van der Waals surface area contributed by atoms with Crippen LogP contribution in [0.1, 0.15) is 38.5 Å². The zero-order chi connectivity index (χ0) is 14.4. The molecular formula is C18H21ClOS. The first kappa shape index (κ1) is 14.1. The lowest BCUT2D eigenvalue weighted by atomic mass is 9.48.